The second-order valence-corrected chi connectivity index (χ2v) is 4.84. The van der Waals surface area contributed by atoms with E-state index in [1.165, 1.54) is 0 Å². The summed E-state index contributed by atoms with van der Waals surface area (Å²) < 4.78 is 11.1. The van der Waals surface area contributed by atoms with Crippen molar-refractivity contribution in [1.29, 1.82) is 0 Å². The van der Waals surface area contributed by atoms with Crippen molar-refractivity contribution in [2.24, 2.45) is 0 Å². The van der Waals surface area contributed by atoms with E-state index in [4.69, 9.17) is 9.26 Å². The van der Waals surface area contributed by atoms with Gasteiger partial charge in [-0.2, -0.15) is 4.98 Å². The molecule has 2 rings (SSSR count). The Bertz CT molecular complexity index is 542. The van der Waals surface area contributed by atoms with Crippen molar-refractivity contribution in [1.82, 2.24) is 10.1 Å². The van der Waals surface area contributed by atoms with E-state index in [2.05, 4.69) is 26.1 Å². The molecule has 2 aromatic rings. The second kappa shape index (κ2) is 5.49. The predicted molar refractivity (Wildman–Crippen MR) is 69.3 cm³/mol. The van der Waals surface area contributed by atoms with Crippen LogP contribution in [-0.2, 0) is 11.2 Å². The number of nitrogens with zero attached hydrogens (tertiary/aromatic N) is 2. The molecule has 0 bridgehead atoms. The molecule has 1 N–H and O–H groups in total. The Labute approximate surface area is 113 Å². The molecule has 0 aliphatic heterocycles. The van der Waals surface area contributed by atoms with Crippen molar-refractivity contribution in [2.75, 3.05) is 7.11 Å². The van der Waals surface area contributed by atoms with Crippen LogP contribution in [0.4, 0.5) is 0 Å². The molecule has 1 aromatic carbocycles. The summed E-state index contributed by atoms with van der Waals surface area (Å²) in [6.07, 6.45) is 0.584. The van der Waals surface area contributed by atoms with Crippen LogP contribution in [0.5, 0.6) is 5.75 Å². The van der Waals surface area contributed by atoms with Crippen molar-refractivity contribution < 1.29 is 14.4 Å². The van der Waals surface area contributed by atoms with Crippen LogP contribution < -0.4 is 0 Å². The minimum absolute atomic E-state index is 0.0200. The summed E-state index contributed by atoms with van der Waals surface area (Å²) in [4.78, 5) is 4.23. The highest BCUT2D eigenvalue weighted by molar-refractivity contribution is 9.10. The zero-order valence-electron chi connectivity index (χ0n) is 10.1. The minimum Gasteiger partial charge on any atom is -0.507 e. The molecule has 18 heavy (non-hydrogen) atoms. The van der Waals surface area contributed by atoms with E-state index in [1.54, 1.807) is 25.3 Å². The van der Waals surface area contributed by atoms with Gasteiger partial charge < -0.3 is 14.4 Å². The Morgan fingerprint density at radius 2 is 2.28 bits per heavy atom. The molecular weight excluding hydrogens is 300 g/mol. The van der Waals surface area contributed by atoms with Gasteiger partial charge in [0.2, 0.25) is 0 Å². The Morgan fingerprint density at radius 1 is 1.50 bits per heavy atom. The molecule has 5 nitrogen and oxygen atoms in total. The fraction of sp³-hybridized carbons (Fsp3) is 0.333. The largest absolute Gasteiger partial charge is 0.507 e. The van der Waals surface area contributed by atoms with E-state index in [9.17, 15) is 5.11 Å². The Kier molecular flexibility index (Phi) is 3.98. The quantitative estimate of drug-likeness (QED) is 0.940. The Balaban J connectivity index is 2.26. The second-order valence-electron chi connectivity index (χ2n) is 3.93. The van der Waals surface area contributed by atoms with Gasteiger partial charge in [0.05, 0.1) is 11.7 Å². The van der Waals surface area contributed by atoms with Gasteiger partial charge in [0.15, 0.2) is 5.82 Å². The molecule has 0 radical (unpaired) electrons. The molecule has 1 aromatic heterocycles. The van der Waals surface area contributed by atoms with E-state index in [0.29, 0.717) is 23.7 Å². The molecule has 0 spiro atoms. The molecule has 1 heterocycles. The lowest BCUT2D eigenvalue weighted by molar-refractivity contribution is 0.116. The fourth-order valence-corrected chi connectivity index (χ4v) is 1.83. The maximum atomic E-state index is 9.75. The first kappa shape index (κ1) is 13.0. The lowest BCUT2D eigenvalue weighted by Gasteiger charge is -2.04. The zero-order chi connectivity index (χ0) is 13.1. The molecule has 1 unspecified atom stereocenters. The van der Waals surface area contributed by atoms with Gasteiger partial charge in [-0.1, -0.05) is 21.1 Å². The summed E-state index contributed by atoms with van der Waals surface area (Å²) in [5.41, 5.74) is 0.508. The first-order chi connectivity index (χ1) is 8.60. The number of benzene rings is 1. The van der Waals surface area contributed by atoms with Gasteiger partial charge in [-0.25, -0.2) is 0 Å². The summed E-state index contributed by atoms with van der Waals surface area (Å²) in [5.74, 6) is 0.957. The number of rotatable bonds is 4. The molecule has 0 aliphatic rings. The van der Waals surface area contributed by atoms with Crippen molar-refractivity contribution in [3.05, 3.63) is 28.5 Å². The van der Waals surface area contributed by atoms with Crippen LogP contribution in [0.2, 0.25) is 0 Å². The van der Waals surface area contributed by atoms with Crippen LogP contribution in [0.3, 0.4) is 0 Å². The molecule has 0 saturated carbocycles. The van der Waals surface area contributed by atoms with E-state index in [-0.39, 0.29) is 11.9 Å². The van der Waals surface area contributed by atoms with Crippen LogP contribution in [0.1, 0.15) is 12.7 Å². The number of halogens is 1. The average molecular weight is 313 g/mol. The van der Waals surface area contributed by atoms with Gasteiger partial charge in [-0.05, 0) is 25.1 Å². The standard InChI is InChI=1S/C12H13BrN2O3/c1-7(17-2)5-11-14-12(18-15-11)9-6-8(13)3-4-10(9)16/h3-4,6-7,16H,5H2,1-2H3. The van der Waals surface area contributed by atoms with Crippen molar-refractivity contribution in [2.45, 2.75) is 19.4 Å². The third-order valence-corrected chi connectivity index (χ3v) is 3.02. The normalized spacial score (nSPS) is 12.6. The maximum Gasteiger partial charge on any atom is 0.261 e. The van der Waals surface area contributed by atoms with E-state index < -0.39 is 0 Å². The highest BCUT2D eigenvalue weighted by Crippen LogP contribution is 2.30. The van der Waals surface area contributed by atoms with Crippen LogP contribution >= 0.6 is 15.9 Å². The first-order valence-corrected chi connectivity index (χ1v) is 6.23. The fourth-order valence-electron chi connectivity index (χ4n) is 1.47. The zero-order valence-corrected chi connectivity index (χ0v) is 11.6. The smallest absolute Gasteiger partial charge is 0.261 e. The van der Waals surface area contributed by atoms with E-state index in [1.807, 2.05) is 6.92 Å². The monoisotopic (exact) mass is 312 g/mol. The molecule has 0 fully saturated rings. The third-order valence-electron chi connectivity index (χ3n) is 2.53. The van der Waals surface area contributed by atoms with Crippen LogP contribution in [0, 0.1) is 0 Å². The number of hydrogen-bond acceptors (Lipinski definition) is 5. The van der Waals surface area contributed by atoms with Crippen molar-refractivity contribution in [3.63, 3.8) is 0 Å². The lowest BCUT2D eigenvalue weighted by atomic mass is 10.2. The van der Waals surface area contributed by atoms with E-state index >= 15 is 0 Å². The van der Waals surface area contributed by atoms with E-state index in [0.717, 1.165) is 4.47 Å². The number of hydrogen-bond donors (Lipinski definition) is 1. The topological polar surface area (TPSA) is 68.4 Å². The summed E-state index contributed by atoms with van der Waals surface area (Å²) in [6, 6.07) is 5.04. The maximum absolute atomic E-state index is 9.75. The van der Waals surface area contributed by atoms with Gasteiger partial charge in [0.25, 0.3) is 5.89 Å². The van der Waals surface area contributed by atoms with Crippen LogP contribution in [0.15, 0.2) is 27.2 Å². The Morgan fingerprint density at radius 3 is 3.00 bits per heavy atom. The summed E-state index contributed by atoms with van der Waals surface area (Å²) >= 11 is 3.33. The third kappa shape index (κ3) is 2.88. The number of ether oxygens (including phenoxy) is 1. The summed E-state index contributed by atoms with van der Waals surface area (Å²) in [7, 11) is 1.63. The average Bonchev–Trinajstić information content (AvgIpc) is 2.80. The number of aromatic hydroxyl groups is 1. The summed E-state index contributed by atoms with van der Waals surface area (Å²) in [5, 5.41) is 13.6. The van der Waals surface area contributed by atoms with Gasteiger partial charge in [0.1, 0.15) is 5.75 Å². The highest BCUT2D eigenvalue weighted by Gasteiger charge is 2.14. The highest BCUT2D eigenvalue weighted by atomic mass is 79.9. The van der Waals surface area contributed by atoms with Crippen LogP contribution in [-0.4, -0.2) is 28.5 Å². The molecule has 6 heteroatoms. The predicted octanol–water partition coefficient (Wildman–Crippen LogP) is 2.78. The van der Waals surface area contributed by atoms with Gasteiger partial charge in [0, 0.05) is 18.0 Å². The number of aromatic nitrogens is 2. The van der Waals surface area contributed by atoms with Crippen LogP contribution in [0.25, 0.3) is 11.5 Å². The van der Waals surface area contributed by atoms with Gasteiger partial charge >= 0.3 is 0 Å². The first-order valence-electron chi connectivity index (χ1n) is 5.44. The molecule has 96 valence electrons. The Hall–Kier alpha value is -1.40. The SMILES string of the molecule is COC(C)Cc1noc(-c2cc(Br)ccc2O)n1. The lowest BCUT2D eigenvalue weighted by Crippen LogP contribution is -2.09. The number of phenolic OH excluding ortho intramolecular Hbond substituents is 1. The van der Waals surface area contributed by atoms with Crippen molar-refractivity contribution in [3.8, 4) is 17.2 Å². The summed E-state index contributed by atoms with van der Waals surface area (Å²) in [6.45, 7) is 1.92. The molecule has 0 saturated heterocycles. The molecule has 0 amide bonds. The van der Waals surface area contributed by atoms with Gasteiger partial charge in [-0.3, -0.25) is 0 Å². The molecule has 0 aliphatic carbocycles. The number of phenols is 1. The number of methoxy groups -OCH3 is 1. The van der Waals surface area contributed by atoms with Crippen molar-refractivity contribution >= 4 is 15.9 Å². The molecule has 1 atom stereocenters. The minimum atomic E-state index is 0.0200. The van der Waals surface area contributed by atoms with Gasteiger partial charge in [-0.15, -0.1) is 0 Å². The molecular formula is C12H13BrN2O3.